The van der Waals surface area contributed by atoms with Crippen LogP contribution in [0.25, 0.3) is 0 Å². The first-order chi connectivity index (χ1) is 15.4. The van der Waals surface area contributed by atoms with Crippen LogP contribution in [0.4, 0.5) is 10.2 Å². The van der Waals surface area contributed by atoms with Crippen molar-refractivity contribution in [1.82, 2.24) is 19.7 Å². The number of carbonyl (C=O) groups is 2. The standard InChI is InChI=1S/C23H19ClFN5O2/c1-15(31)29-10-9-18(14-29)30-21(19(24)13-27-30)23(32)28-22-20(25)11-17(12-26-22)8-7-16-5-3-2-4-6-16/h2-6,11-13,18H,9-10,14H2,1H3,(H,26,28,32)/t18-/m0/s1. The van der Waals surface area contributed by atoms with Crippen LogP contribution in [0, 0.1) is 17.7 Å². The van der Waals surface area contributed by atoms with Crippen molar-refractivity contribution in [3.63, 3.8) is 0 Å². The van der Waals surface area contributed by atoms with E-state index in [0.717, 1.165) is 5.56 Å². The number of aromatic nitrogens is 3. The Balaban J connectivity index is 1.51. The average molecular weight is 452 g/mol. The summed E-state index contributed by atoms with van der Waals surface area (Å²) < 4.78 is 16.1. The molecule has 0 bridgehead atoms. The molecule has 1 aliphatic rings. The van der Waals surface area contributed by atoms with Crippen LogP contribution in [0.1, 0.15) is 41.0 Å². The Morgan fingerprint density at radius 3 is 2.62 bits per heavy atom. The van der Waals surface area contributed by atoms with E-state index in [0.29, 0.717) is 25.1 Å². The number of benzene rings is 1. The molecule has 4 rings (SSSR count). The smallest absolute Gasteiger partial charge is 0.276 e. The molecule has 0 aliphatic carbocycles. The summed E-state index contributed by atoms with van der Waals surface area (Å²) in [4.78, 5) is 30.2. The first-order valence-electron chi connectivity index (χ1n) is 9.95. The minimum Gasteiger partial charge on any atom is -0.341 e. The Kier molecular flexibility index (Phi) is 6.19. The highest BCUT2D eigenvalue weighted by molar-refractivity contribution is 6.34. The molecule has 1 N–H and O–H groups in total. The maximum atomic E-state index is 14.6. The fourth-order valence-electron chi connectivity index (χ4n) is 3.49. The van der Waals surface area contributed by atoms with Gasteiger partial charge in [0.15, 0.2) is 11.6 Å². The molecule has 0 radical (unpaired) electrons. The lowest BCUT2D eigenvalue weighted by Gasteiger charge is -2.16. The number of amides is 2. The van der Waals surface area contributed by atoms with E-state index in [4.69, 9.17) is 11.6 Å². The number of hydrogen-bond donors (Lipinski definition) is 1. The zero-order chi connectivity index (χ0) is 22.7. The van der Waals surface area contributed by atoms with Crippen molar-refractivity contribution in [3.8, 4) is 11.8 Å². The summed E-state index contributed by atoms with van der Waals surface area (Å²) in [6, 6.07) is 10.3. The highest BCUT2D eigenvalue weighted by Crippen LogP contribution is 2.27. The molecule has 1 aromatic carbocycles. The topological polar surface area (TPSA) is 80.1 Å². The summed E-state index contributed by atoms with van der Waals surface area (Å²) in [6.07, 6.45) is 3.38. The summed E-state index contributed by atoms with van der Waals surface area (Å²) in [6.45, 7) is 2.49. The molecule has 3 aromatic rings. The number of nitrogens with zero attached hydrogens (tertiary/aromatic N) is 4. The predicted molar refractivity (Wildman–Crippen MR) is 118 cm³/mol. The lowest BCUT2D eigenvalue weighted by Crippen LogP contribution is -2.28. The van der Waals surface area contributed by atoms with E-state index in [1.54, 1.807) is 4.90 Å². The minimum atomic E-state index is -0.718. The van der Waals surface area contributed by atoms with E-state index >= 15 is 0 Å². The van der Waals surface area contributed by atoms with Gasteiger partial charge in [-0.15, -0.1) is 0 Å². The van der Waals surface area contributed by atoms with Crippen LogP contribution in [0.15, 0.2) is 48.8 Å². The van der Waals surface area contributed by atoms with Gasteiger partial charge in [-0.25, -0.2) is 9.37 Å². The van der Waals surface area contributed by atoms with E-state index in [9.17, 15) is 14.0 Å². The largest absolute Gasteiger partial charge is 0.341 e. The molecule has 1 fully saturated rings. The Labute approximate surface area is 189 Å². The van der Waals surface area contributed by atoms with Crippen LogP contribution < -0.4 is 5.32 Å². The zero-order valence-corrected chi connectivity index (χ0v) is 17.9. The summed E-state index contributed by atoms with van der Waals surface area (Å²) >= 11 is 6.19. The molecular formula is C23H19ClFN5O2. The number of rotatable bonds is 3. The maximum absolute atomic E-state index is 14.6. The molecule has 0 saturated carbocycles. The SMILES string of the molecule is CC(=O)N1CC[C@H](n2ncc(Cl)c2C(=O)Nc2ncc(C#Cc3ccccc3)cc2F)C1. The van der Waals surface area contributed by atoms with E-state index in [1.807, 2.05) is 30.3 Å². The van der Waals surface area contributed by atoms with E-state index in [1.165, 1.54) is 30.1 Å². The number of anilines is 1. The van der Waals surface area contributed by atoms with Gasteiger partial charge in [0.05, 0.1) is 17.3 Å². The molecule has 1 saturated heterocycles. The van der Waals surface area contributed by atoms with Gasteiger partial charge < -0.3 is 10.2 Å². The van der Waals surface area contributed by atoms with Gasteiger partial charge in [0, 0.05) is 37.3 Å². The van der Waals surface area contributed by atoms with Gasteiger partial charge in [-0.3, -0.25) is 14.3 Å². The van der Waals surface area contributed by atoms with Crippen molar-refractivity contribution in [1.29, 1.82) is 0 Å². The lowest BCUT2D eigenvalue weighted by atomic mass is 10.2. The van der Waals surface area contributed by atoms with Crippen LogP contribution in [0.5, 0.6) is 0 Å². The molecule has 2 aromatic heterocycles. The summed E-state index contributed by atoms with van der Waals surface area (Å²) in [5.74, 6) is 4.14. The molecule has 9 heteroatoms. The number of pyridine rings is 1. The quantitative estimate of drug-likeness (QED) is 0.618. The third-order valence-corrected chi connectivity index (χ3v) is 5.40. The number of carbonyl (C=O) groups excluding carboxylic acids is 2. The molecule has 0 unspecified atom stereocenters. The number of halogens is 2. The maximum Gasteiger partial charge on any atom is 0.276 e. The van der Waals surface area contributed by atoms with Gasteiger partial charge in [0.1, 0.15) is 5.69 Å². The molecule has 1 aliphatic heterocycles. The van der Waals surface area contributed by atoms with Crippen LogP contribution in [0.3, 0.4) is 0 Å². The summed E-state index contributed by atoms with van der Waals surface area (Å²) in [5, 5.41) is 6.78. The fourth-order valence-corrected chi connectivity index (χ4v) is 3.70. The summed E-state index contributed by atoms with van der Waals surface area (Å²) in [7, 11) is 0. The molecule has 3 heterocycles. The number of likely N-dealkylation sites (tertiary alicyclic amines) is 1. The van der Waals surface area contributed by atoms with Gasteiger partial charge in [-0.05, 0) is 24.6 Å². The minimum absolute atomic E-state index is 0.0431. The van der Waals surface area contributed by atoms with Gasteiger partial charge in [0.25, 0.3) is 5.91 Å². The third-order valence-electron chi connectivity index (χ3n) is 5.12. The van der Waals surface area contributed by atoms with Crippen molar-refractivity contribution >= 4 is 29.2 Å². The summed E-state index contributed by atoms with van der Waals surface area (Å²) in [5.41, 5.74) is 1.27. The van der Waals surface area contributed by atoms with Crippen LogP contribution in [-0.2, 0) is 4.79 Å². The van der Waals surface area contributed by atoms with Crippen LogP contribution >= 0.6 is 11.6 Å². The van der Waals surface area contributed by atoms with E-state index < -0.39 is 11.7 Å². The van der Waals surface area contributed by atoms with Crippen LogP contribution in [0.2, 0.25) is 5.02 Å². The van der Waals surface area contributed by atoms with E-state index in [-0.39, 0.29) is 28.5 Å². The number of hydrogen-bond acceptors (Lipinski definition) is 4. The molecule has 7 nitrogen and oxygen atoms in total. The predicted octanol–water partition coefficient (Wildman–Crippen LogP) is 3.52. The second kappa shape index (κ2) is 9.20. The Morgan fingerprint density at radius 2 is 1.94 bits per heavy atom. The molecule has 32 heavy (non-hydrogen) atoms. The lowest BCUT2D eigenvalue weighted by molar-refractivity contribution is -0.127. The molecule has 0 spiro atoms. The van der Waals surface area contributed by atoms with Crippen molar-refractivity contribution in [3.05, 3.63) is 76.5 Å². The Hall–Kier alpha value is -3.70. The normalized spacial score (nSPS) is 15.2. The Morgan fingerprint density at radius 1 is 1.19 bits per heavy atom. The van der Waals surface area contributed by atoms with Gasteiger partial charge >= 0.3 is 0 Å². The average Bonchev–Trinajstić information content (AvgIpc) is 3.41. The first-order valence-corrected chi connectivity index (χ1v) is 10.3. The fraction of sp³-hybridized carbons (Fsp3) is 0.217. The van der Waals surface area contributed by atoms with E-state index in [2.05, 4.69) is 27.2 Å². The van der Waals surface area contributed by atoms with Crippen molar-refractivity contribution < 1.29 is 14.0 Å². The van der Waals surface area contributed by atoms with Gasteiger partial charge in [-0.2, -0.15) is 5.10 Å². The second-order valence-corrected chi connectivity index (χ2v) is 7.72. The molecule has 2 amide bonds. The zero-order valence-electron chi connectivity index (χ0n) is 17.2. The second-order valence-electron chi connectivity index (χ2n) is 7.32. The first kappa shape index (κ1) is 21.5. The number of nitrogens with one attached hydrogen (secondary N) is 1. The third kappa shape index (κ3) is 4.63. The van der Waals surface area contributed by atoms with Gasteiger partial charge in [0.2, 0.25) is 5.91 Å². The van der Waals surface area contributed by atoms with Gasteiger partial charge in [-0.1, -0.05) is 41.6 Å². The highest BCUT2D eigenvalue weighted by Gasteiger charge is 2.30. The van der Waals surface area contributed by atoms with Crippen LogP contribution in [-0.4, -0.2) is 44.6 Å². The van der Waals surface area contributed by atoms with Crippen molar-refractivity contribution in [2.75, 3.05) is 18.4 Å². The monoisotopic (exact) mass is 451 g/mol. The molecule has 1 atom stereocenters. The highest BCUT2D eigenvalue weighted by atomic mass is 35.5. The van der Waals surface area contributed by atoms with Crippen molar-refractivity contribution in [2.24, 2.45) is 0 Å². The molecule has 162 valence electrons. The molecular weight excluding hydrogens is 433 g/mol. The Bertz CT molecular complexity index is 1230. The van der Waals surface area contributed by atoms with Crippen molar-refractivity contribution in [2.45, 2.75) is 19.4 Å².